The summed E-state index contributed by atoms with van der Waals surface area (Å²) in [6.45, 7) is 5.55. The highest BCUT2D eigenvalue weighted by Crippen LogP contribution is 2.29. The number of rotatable bonds is 3. The number of hydrogen-bond acceptors (Lipinski definition) is 6. The molecule has 0 saturated heterocycles. The zero-order chi connectivity index (χ0) is 12.4. The molecule has 6 nitrogen and oxygen atoms in total. The lowest BCUT2D eigenvalue weighted by Gasteiger charge is -1.94. The van der Waals surface area contributed by atoms with Gasteiger partial charge in [0, 0.05) is 6.42 Å². The van der Waals surface area contributed by atoms with Gasteiger partial charge in [-0.25, -0.2) is 4.98 Å². The van der Waals surface area contributed by atoms with E-state index in [1.165, 1.54) is 11.3 Å². The first-order chi connectivity index (χ1) is 8.10. The highest BCUT2D eigenvalue weighted by atomic mass is 32.1. The third kappa shape index (κ3) is 2.50. The Balaban J connectivity index is 2.24. The van der Waals surface area contributed by atoms with E-state index in [1.54, 1.807) is 6.92 Å². The molecule has 0 spiro atoms. The van der Waals surface area contributed by atoms with Crippen molar-refractivity contribution < 1.29 is 9.21 Å². The largest absolute Gasteiger partial charge is 0.402 e. The van der Waals surface area contributed by atoms with Crippen LogP contribution in [0.4, 0.5) is 6.01 Å². The lowest BCUT2D eigenvalue weighted by molar-refractivity contribution is -0.116. The molecule has 17 heavy (non-hydrogen) atoms. The first-order valence-electron chi connectivity index (χ1n) is 5.18. The van der Waals surface area contributed by atoms with Crippen molar-refractivity contribution in [2.45, 2.75) is 27.2 Å². The van der Waals surface area contributed by atoms with Gasteiger partial charge in [-0.15, -0.1) is 16.4 Å². The third-order valence-corrected chi connectivity index (χ3v) is 3.15. The van der Waals surface area contributed by atoms with Crippen molar-refractivity contribution >= 4 is 23.3 Å². The van der Waals surface area contributed by atoms with Gasteiger partial charge in [-0.3, -0.25) is 10.1 Å². The Hall–Kier alpha value is -1.76. The van der Waals surface area contributed by atoms with Gasteiger partial charge in [0.2, 0.25) is 5.91 Å². The van der Waals surface area contributed by atoms with Gasteiger partial charge in [0.1, 0.15) is 4.88 Å². The molecule has 2 aromatic rings. The molecule has 0 atom stereocenters. The summed E-state index contributed by atoms with van der Waals surface area (Å²) in [6.07, 6.45) is 0.371. The van der Waals surface area contributed by atoms with E-state index in [-0.39, 0.29) is 11.9 Å². The van der Waals surface area contributed by atoms with Gasteiger partial charge in [-0.2, -0.15) is 0 Å². The molecule has 0 bridgehead atoms. The van der Waals surface area contributed by atoms with Crippen LogP contribution in [-0.2, 0) is 4.79 Å². The van der Waals surface area contributed by atoms with Crippen molar-refractivity contribution in [2.75, 3.05) is 5.32 Å². The van der Waals surface area contributed by atoms with Crippen LogP contribution in [0.1, 0.15) is 24.0 Å². The van der Waals surface area contributed by atoms with Crippen LogP contribution in [0, 0.1) is 13.8 Å². The maximum Gasteiger partial charge on any atom is 0.322 e. The second-order valence-electron chi connectivity index (χ2n) is 3.46. The van der Waals surface area contributed by atoms with E-state index in [0.29, 0.717) is 12.3 Å². The first kappa shape index (κ1) is 11.7. The number of nitrogens with one attached hydrogen (secondary N) is 1. The molecule has 7 heteroatoms. The van der Waals surface area contributed by atoms with Crippen LogP contribution in [0.2, 0.25) is 0 Å². The molecule has 0 saturated carbocycles. The Kier molecular flexibility index (Phi) is 3.19. The highest BCUT2D eigenvalue weighted by molar-refractivity contribution is 7.15. The second kappa shape index (κ2) is 4.62. The Morgan fingerprint density at radius 2 is 2.18 bits per heavy atom. The Morgan fingerprint density at radius 3 is 2.76 bits per heavy atom. The van der Waals surface area contributed by atoms with E-state index < -0.39 is 0 Å². The van der Waals surface area contributed by atoms with E-state index in [0.717, 1.165) is 15.6 Å². The zero-order valence-corrected chi connectivity index (χ0v) is 10.6. The number of amides is 1. The van der Waals surface area contributed by atoms with Crippen LogP contribution in [0.3, 0.4) is 0 Å². The van der Waals surface area contributed by atoms with Crippen molar-refractivity contribution in [3.63, 3.8) is 0 Å². The van der Waals surface area contributed by atoms with Gasteiger partial charge in [-0.05, 0) is 13.8 Å². The molecule has 0 aliphatic carbocycles. The molecule has 0 fully saturated rings. The third-order valence-electron chi connectivity index (χ3n) is 2.09. The van der Waals surface area contributed by atoms with Crippen LogP contribution in [0.15, 0.2) is 4.42 Å². The fourth-order valence-corrected chi connectivity index (χ4v) is 2.14. The summed E-state index contributed by atoms with van der Waals surface area (Å²) in [6, 6.07) is 0.123. The minimum atomic E-state index is -0.155. The molecule has 2 heterocycles. The van der Waals surface area contributed by atoms with E-state index in [9.17, 15) is 4.79 Å². The summed E-state index contributed by atoms with van der Waals surface area (Å²) in [5.74, 6) is 0.233. The predicted octanol–water partition coefficient (Wildman–Crippen LogP) is 2.16. The fourth-order valence-electron chi connectivity index (χ4n) is 1.30. The number of aryl methyl sites for hydroxylation is 2. The zero-order valence-electron chi connectivity index (χ0n) is 9.77. The summed E-state index contributed by atoms with van der Waals surface area (Å²) in [4.78, 5) is 16.3. The standard InChI is InChI=1S/C10H12N4O2S/c1-4-7(15)12-10-14-13-9(16-10)8-5(2)11-6(3)17-8/h4H2,1-3H3,(H,12,14,15). The molecule has 0 aliphatic heterocycles. The quantitative estimate of drug-likeness (QED) is 0.905. The fraction of sp³-hybridized carbons (Fsp3) is 0.400. The lowest BCUT2D eigenvalue weighted by atomic mass is 10.4. The van der Waals surface area contributed by atoms with Gasteiger partial charge in [0.15, 0.2) is 0 Å². The topological polar surface area (TPSA) is 80.9 Å². The monoisotopic (exact) mass is 252 g/mol. The Bertz CT molecular complexity index is 546. The summed E-state index contributed by atoms with van der Waals surface area (Å²) in [5.41, 5.74) is 0.851. The molecule has 2 rings (SSSR count). The minimum Gasteiger partial charge on any atom is -0.402 e. The van der Waals surface area contributed by atoms with Crippen molar-refractivity contribution in [3.05, 3.63) is 10.7 Å². The normalized spacial score (nSPS) is 10.5. The van der Waals surface area contributed by atoms with Gasteiger partial charge in [0.05, 0.1) is 10.7 Å². The van der Waals surface area contributed by atoms with Gasteiger partial charge in [-0.1, -0.05) is 12.0 Å². The predicted molar refractivity (Wildman–Crippen MR) is 63.8 cm³/mol. The van der Waals surface area contributed by atoms with Crippen LogP contribution in [-0.4, -0.2) is 21.1 Å². The molecule has 1 amide bonds. The molecule has 90 valence electrons. The number of aromatic nitrogens is 3. The maximum atomic E-state index is 11.1. The van der Waals surface area contributed by atoms with Gasteiger partial charge >= 0.3 is 6.01 Å². The Morgan fingerprint density at radius 1 is 1.41 bits per heavy atom. The van der Waals surface area contributed by atoms with E-state index >= 15 is 0 Å². The highest BCUT2D eigenvalue weighted by Gasteiger charge is 2.15. The number of carbonyl (C=O) groups is 1. The van der Waals surface area contributed by atoms with Gasteiger partial charge in [0.25, 0.3) is 5.89 Å². The van der Waals surface area contributed by atoms with E-state index in [1.807, 2.05) is 13.8 Å². The summed E-state index contributed by atoms with van der Waals surface area (Å²) in [7, 11) is 0. The Labute approximate surface area is 102 Å². The molecular weight excluding hydrogens is 240 g/mol. The summed E-state index contributed by atoms with van der Waals surface area (Å²) in [5, 5.41) is 11.1. The first-order valence-corrected chi connectivity index (χ1v) is 5.99. The van der Waals surface area contributed by atoms with E-state index in [2.05, 4.69) is 20.5 Å². The number of anilines is 1. The minimum absolute atomic E-state index is 0.123. The van der Waals surface area contributed by atoms with E-state index in [4.69, 9.17) is 4.42 Å². The number of hydrogen-bond donors (Lipinski definition) is 1. The van der Waals surface area contributed by atoms with Crippen LogP contribution < -0.4 is 5.32 Å². The van der Waals surface area contributed by atoms with Gasteiger partial charge < -0.3 is 4.42 Å². The van der Waals surface area contributed by atoms with Crippen LogP contribution in [0.5, 0.6) is 0 Å². The smallest absolute Gasteiger partial charge is 0.322 e. The molecule has 0 aliphatic rings. The molecule has 2 aromatic heterocycles. The molecule has 1 N–H and O–H groups in total. The number of nitrogens with zero attached hydrogens (tertiary/aromatic N) is 3. The van der Waals surface area contributed by atoms with Crippen molar-refractivity contribution in [1.82, 2.24) is 15.2 Å². The SMILES string of the molecule is CCC(=O)Nc1nnc(-c2sc(C)nc2C)o1. The average molecular weight is 252 g/mol. The van der Waals surface area contributed by atoms with Crippen molar-refractivity contribution in [2.24, 2.45) is 0 Å². The summed E-state index contributed by atoms with van der Waals surface area (Å²) < 4.78 is 5.35. The van der Waals surface area contributed by atoms with Crippen molar-refractivity contribution in [1.29, 1.82) is 0 Å². The van der Waals surface area contributed by atoms with Crippen LogP contribution >= 0.6 is 11.3 Å². The lowest BCUT2D eigenvalue weighted by Crippen LogP contribution is -2.09. The molecule has 0 aromatic carbocycles. The molecule has 0 radical (unpaired) electrons. The number of carbonyl (C=O) groups excluding carboxylic acids is 1. The van der Waals surface area contributed by atoms with Crippen LogP contribution in [0.25, 0.3) is 10.8 Å². The maximum absolute atomic E-state index is 11.1. The molecule has 0 unspecified atom stereocenters. The second-order valence-corrected chi connectivity index (χ2v) is 4.66. The average Bonchev–Trinajstić information content (AvgIpc) is 2.85. The molecular formula is C10H12N4O2S. The summed E-state index contributed by atoms with van der Waals surface area (Å²) >= 11 is 1.49. The van der Waals surface area contributed by atoms with Crippen molar-refractivity contribution in [3.8, 4) is 10.8 Å². The number of thiazole rings is 1.